The number of anilines is 3. The Bertz CT molecular complexity index is 1010. The van der Waals surface area contributed by atoms with Crippen LogP contribution in [0.25, 0.3) is 0 Å². The van der Waals surface area contributed by atoms with Gasteiger partial charge in [-0.25, -0.2) is 0 Å². The number of nitrogens with one attached hydrogen (secondary N) is 2. The maximum Gasteiger partial charge on any atom is 0.416 e. The number of nitrogen functional groups attached to an aromatic ring is 1. The maximum atomic E-state index is 12.9. The largest absolute Gasteiger partial charge is 0.416 e. The van der Waals surface area contributed by atoms with E-state index in [1.54, 1.807) is 0 Å². The van der Waals surface area contributed by atoms with Crippen molar-refractivity contribution >= 4 is 34.6 Å². The number of carbonyl (C=O) groups excluding carboxylic acids is 1. The molecule has 0 saturated carbocycles. The van der Waals surface area contributed by atoms with E-state index in [2.05, 4.69) is 10.6 Å². The number of nitrogens with two attached hydrogens (primary N) is 1. The molecule has 2 aromatic rings. The van der Waals surface area contributed by atoms with Crippen LogP contribution >= 0.6 is 11.6 Å². The highest BCUT2D eigenvalue weighted by Crippen LogP contribution is 2.37. The van der Waals surface area contributed by atoms with Crippen LogP contribution in [-0.4, -0.2) is 5.91 Å². The van der Waals surface area contributed by atoms with Gasteiger partial charge in [0, 0.05) is 17.6 Å². The number of nitrogens with zero attached hydrogens (tertiary/aromatic N) is 1. The van der Waals surface area contributed by atoms with Gasteiger partial charge in [-0.2, -0.15) is 31.6 Å². The van der Waals surface area contributed by atoms with Crippen LogP contribution in [0.15, 0.2) is 48.2 Å². The average molecular weight is 449 g/mol. The fourth-order valence-electron chi connectivity index (χ4n) is 2.15. The predicted molar refractivity (Wildman–Crippen MR) is 98.3 cm³/mol. The Labute approximate surface area is 170 Å². The fraction of sp³-hybridized carbons (Fsp3) is 0.111. The molecule has 0 fully saturated rings. The predicted octanol–water partition coefficient (Wildman–Crippen LogP) is 5.42. The monoisotopic (exact) mass is 448 g/mol. The van der Waals surface area contributed by atoms with Gasteiger partial charge >= 0.3 is 12.4 Å². The van der Waals surface area contributed by atoms with E-state index in [-0.39, 0.29) is 22.5 Å². The molecule has 0 bridgehead atoms. The molecular weight excluding hydrogens is 438 g/mol. The standard InChI is InChI=1S/C18H11ClF6N4O/c19-14-6-12(1-2-15(14)27)29-16(30)9(7-26)8-28-13-4-10(17(20,21)22)3-11(5-13)18(23,24)25/h1-6,8,28H,27H2,(H,29,30)/b9-8-. The quantitative estimate of drug-likeness (QED) is 0.252. The van der Waals surface area contributed by atoms with Crippen LogP contribution < -0.4 is 16.4 Å². The lowest BCUT2D eigenvalue weighted by atomic mass is 10.1. The summed E-state index contributed by atoms with van der Waals surface area (Å²) in [5.41, 5.74) is 1.59. The van der Waals surface area contributed by atoms with E-state index >= 15 is 0 Å². The van der Waals surface area contributed by atoms with Crippen LogP contribution in [0.1, 0.15) is 11.1 Å². The van der Waals surface area contributed by atoms with E-state index in [0.717, 1.165) is 0 Å². The van der Waals surface area contributed by atoms with E-state index < -0.39 is 40.6 Å². The van der Waals surface area contributed by atoms with E-state index in [9.17, 15) is 31.1 Å². The lowest BCUT2D eigenvalue weighted by molar-refractivity contribution is -0.143. The lowest BCUT2D eigenvalue weighted by Crippen LogP contribution is -2.15. The second kappa shape index (κ2) is 8.54. The first kappa shape index (κ1) is 22.9. The Morgan fingerprint density at radius 2 is 1.57 bits per heavy atom. The van der Waals surface area contributed by atoms with Gasteiger partial charge in [0.2, 0.25) is 0 Å². The molecule has 0 saturated heterocycles. The van der Waals surface area contributed by atoms with Crippen molar-refractivity contribution < 1.29 is 31.1 Å². The lowest BCUT2D eigenvalue weighted by Gasteiger charge is -2.14. The molecule has 4 N–H and O–H groups in total. The van der Waals surface area contributed by atoms with Crippen LogP contribution in [0.5, 0.6) is 0 Å². The average Bonchev–Trinajstić information content (AvgIpc) is 2.63. The van der Waals surface area contributed by atoms with Crippen molar-refractivity contribution in [2.75, 3.05) is 16.4 Å². The van der Waals surface area contributed by atoms with Gasteiger partial charge in [-0.05, 0) is 36.4 Å². The van der Waals surface area contributed by atoms with Crippen LogP contribution in [0, 0.1) is 11.3 Å². The molecule has 0 heterocycles. The summed E-state index contributed by atoms with van der Waals surface area (Å²) in [6.45, 7) is 0. The summed E-state index contributed by atoms with van der Waals surface area (Å²) < 4.78 is 77.3. The molecule has 0 aliphatic rings. The SMILES string of the molecule is N#C/C(=C/Nc1cc(C(F)(F)F)cc(C(F)(F)F)c1)C(=O)Nc1ccc(N)c(Cl)c1. The highest BCUT2D eigenvalue weighted by molar-refractivity contribution is 6.33. The molecule has 0 aromatic heterocycles. The first-order chi connectivity index (χ1) is 13.8. The molecule has 0 unspecified atom stereocenters. The summed E-state index contributed by atoms with van der Waals surface area (Å²) in [5.74, 6) is -0.978. The number of halogens is 7. The summed E-state index contributed by atoms with van der Waals surface area (Å²) in [4.78, 5) is 12.1. The van der Waals surface area contributed by atoms with Gasteiger partial charge in [0.15, 0.2) is 0 Å². The van der Waals surface area contributed by atoms with Crippen molar-refractivity contribution in [3.05, 3.63) is 64.3 Å². The smallest absolute Gasteiger partial charge is 0.398 e. The molecule has 0 aliphatic heterocycles. The number of benzene rings is 2. The second-order valence-electron chi connectivity index (χ2n) is 5.80. The van der Waals surface area contributed by atoms with E-state index in [4.69, 9.17) is 22.6 Å². The van der Waals surface area contributed by atoms with Gasteiger partial charge in [0.25, 0.3) is 5.91 Å². The van der Waals surface area contributed by atoms with Gasteiger partial charge < -0.3 is 16.4 Å². The zero-order valence-corrected chi connectivity index (χ0v) is 15.4. The Morgan fingerprint density at radius 3 is 2.03 bits per heavy atom. The van der Waals surface area contributed by atoms with Gasteiger partial charge in [-0.1, -0.05) is 11.6 Å². The maximum absolute atomic E-state index is 12.9. The van der Waals surface area contributed by atoms with Crippen LogP contribution in [0.3, 0.4) is 0 Å². The van der Waals surface area contributed by atoms with Crippen molar-refractivity contribution in [2.45, 2.75) is 12.4 Å². The molecule has 30 heavy (non-hydrogen) atoms. The van der Waals surface area contributed by atoms with E-state index in [1.807, 2.05) is 0 Å². The molecule has 2 aromatic carbocycles. The van der Waals surface area contributed by atoms with Crippen molar-refractivity contribution in [3.8, 4) is 6.07 Å². The topological polar surface area (TPSA) is 90.9 Å². The second-order valence-corrected chi connectivity index (χ2v) is 6.21. The number of alkyl halides is 6. The Morgan fingerprint density at radius 1 is 1.00 bits per heavy atom. The van der Waals surface area contributed by atoms with Crippen molar-refractivity contribution in [2.24, 2.45) is 0 Å². The molecule has 5 nitrogen and oxygen atoms in total. The molecule has 0 atom stereocenters. The summed E-state index contributed by atoms with van der Waals surface area (Å²) >= 11 is 5.80. The molecule has 2 rings (SSSR count). The van der Waals surface area contributed by atoms with Crippen molar-refractivity contribution in [3.63, 3.8) is 0 Å². The molecule has 0 radical (unpaired) electrons. The zero-order chi connectivity index (χ0) is 22.7. The van der Waals surface area contributed by atoms with Crippen LogP contribution in [0.2, 0.25) is 5.02 Å². The number of rotatable bonds is 4. The molecule has 12 heteroatoms. The first-order valence-corrected chi connectivity index (χ1v) is 8.21. The minimum atomic E-state index is -5.04. The number of hydrogen-bond donors (Lipinski definition) is 3. The molecular formula is C18H11ClF6N4O. The first-order valence-electron chi connectivity index (χ1n) is 7.84. The number of carbonyl (C=O) groups is 1. The van der Waals surface area contributed by atoms with E-state index in [1.165, 1.54) is 24.3 Å². The molecule has 0 aliphatic carbocycles. The van der Waals surface area contributed by atoms with Crippen LogP contribution in [0.4, 0.5) is 43.4 Å². The van der Waals surface area contributed by atoms with Crippen molar-refractivity contribution in [1.82, 2.24) is 0 Å². The zero-order valence-electron chi connectivity index (χ0n) is 14.6. The minimum Gasteiger partial charge on any atom is -0.398 e. The summed E-state index contributed by atoms with van der Waals surface area (Å²) in [5, 5.41) is 13.6. The number of amides is 1. The summed E-state index contributed by atoms with van der Waals surface area (Å²) in [7, 11) is 0. The summed E-state index contributed by atoms with van der Waals surface area (Å²) in [6, 6.07) is 6.33. The van der Waals surface area contributed by atoms with Gasteiger partial charge in [0.05, 0.1) is 21.8 Å². The highest BCUT2D eigenvalue weighted by Gasteiger charge is 2.36. The Balaban J connectivity index is 2.30. The van der Waals surface area contributed by atoms with Gasteiger partial charge in [-0.15, -0.1) is 0 Å². The third-order valence-electron chi connectivity index (χ3n) is 3.59. The Kier molecular flexibility index (Phi) is 6.52. The highest BCUT2D eigenvalue weighted by atomic mass is 35.5. The normalized spacial score (nSPS) is 12.3. The fourth-order valence-corrected chi connectivity index (χ4v) is 2.33. The molecule has 0 spiro atoms. The van der Waals surface area contributed by atoms with Crippen LogP contribution in [-0.2, 0) is 17.1 Å². The molecule has 1 amide bonds. The third kappa shape index (κ3) is 5.81. The third-order valence-corrected chi connectivity index (χ3v) is 3.92. The van der Waals surface area contributed by atoms with Gasteiger partial charge in [0.1, 0.15) is 11.6 Å². The number of hydrogen-bond acceptors (Lipinski definition) is 4. The van der Waals surface area contributed by atoms with Gasteiger partial charge in [-0.3, -0.25) is 4.79 Å². The Hall–Kier alpha value is -3.39. The van der Waals surface area contributed by atoms with Crippen molar-refractivity contribution in [1.29, 1.82) is 5.26 Å². The number of nitriles is 1. The minimum absolute atomic E-state index is 0.0440. The molecule has 158 valence electrons. The van der Waals surface area contributed by atoms with E-state index in [0.29, 0.717) is 18.3 Å². The summed E-state index contributed by atoms with van der Waals surface area (Å²) in [6.07, 6.45) is -9.39.